The summed E-state index contributed by atoms with van der Waals surface area (Å²) >= 11 is 0. The van der Waals surface area contributed by atoms with Crippen molar-refractivity contribution in [2.75, 3.05) is 26.2 Å². The van der Waals surface area contributed by atoms with Crippen LogP contribution in [-0.4, -0.2) is 38.0 Å². The minimum absolute atomic E-state index is 0.0250. The van der Waals surface area contributed by atoms with Crippen LogP contribution in [-0.2, 0) is 4.74 Å². The summed E-state index contributed by atoms with van der Waals surface area (Å²) in [5.74, 6) is 0.102. The van der Waals surface area contributed by atoms with Crippen molar-refractivity contribution in [3.8, 4) is 11.1 Å². The highest BCUT2D eigenvalue weighted by molar-refractivity contribution is 5.79. The summed E-state index contributed by atoms with van der Waals surface area (Å²) in [6, 6.07) is 16.4. The predicted octanol–water partition coefficient (Wildman–Crippen LogP) is 3.08. The number of carbonyl (C=O) groups is 1. The number of nitrogens with one attached hydrogen (secondary N) is 2. The molecule has 2 aliphatic carbocycles. The molecule has 5 rings (SSSR count). The van der Waals surface area contributed by atoms with Gasteiger partial charge in [0.25, 0.3) is 0 Å². The number of halogens is 1. The van der Waals surface area contributed by atoms with Gasteiger partial charge in [0, 0.05) is 30.8 Å². The average Bonchev–Trinajstić information content (AvgIpc) is 3.05. The molecule has 1 saturated carbocycles. The summed E-state index contributed by atoms with van der Waals surface area (Å²) in [6.07, 6.45) is -0.540. The molecule has 1 amide bonds. The molecule has 2 aromatic rings. The molecule has 5 heteroatoms. The molecule has 2 unspecified atom stereocenters. The molecule has 0 spiro atoms. The topological polar surface area (TPSA) is 50.4 Å². The van der Waals surface area contributed by atoms with E-state index in [4.69, 9.17) is 4.74 Å². The van der Waals surface area contributed by atoms with Crippen molar-refractivity contribution < 1.29 is 13.9 Å². The Balaban J connectivity index is 1.24. The van der Waals surface area contributed by atoms with E-state index in [0.29, 0.717) is 13.1 Å². The van der Waals surface area contributed by atoms with Crippen LogP contribution in [0.25, 0.3) is 11.1 Å². The first-order valence-electron chi connectivity index (χ1n) is 9.17. The number of piperidine rings is 1. The van der Waals surface area contributed by atoms with Crippen LogP contribution in [0.15, 0.2) is 48.5 Å². The summed E-state index contributed by atoms with van der Waals surface area (Å²) in [6.45, 7) is 1.70. The van der Waals surface area contributed by atoms with Crippen LogP contribution in [0, 0.1) is 11.8 Å². The number of fused-ring (bicyclic) bond motifs is 4. The van der Waals surface area contributed by atoms with Crippen molar-refractivity contribution in [3.63, 3.8) is 0 Å². The van der Waals surface area contributed by atoms with Crippen molar-refractivity contribution in [1.82, 2.24) is 10.6 Å². The fourth-order valence-corrected chi connectivity index (χ4v) is 4.70. The van der Waals surface area contributed by atoms with Gasteiger partial charge in [0.2, 0.25) is 0 Å². The molecule has 0 aromatic heterocycles. The molecular weight excluding hydrogens is 331 g/mol. The number of hydrogen-bond acceptors (Lipinski definition) is 3. The monoisotopic (exact) mass is 352 g/mol. The van der Waals surface area contributed by atoms with E-state index in [-0.39, 0.29) is 30.9 Å². The molecule has 134 valence electrons. The van der Waals surface area contributed by atoms with Crippen molar-refractivity contribution in [3.05, 3.63) is 59.7 Å². The standard InChI is InChI=1S/C21H21FN2O2/c22-21(18-9-23-10-19(18)21)12-24-20(25)26-11-17-15-7-3-1-5-13(15)14-6-2-4-8-16(14)17/h1-8,17-19,23H,9-12H2,(H,24,25). The van der Waals surface area contributed by atoms with Gasteiger partial charge in [-0.15, -0.1) is 0 Å². The molecule has 2 aromatic carbocycles. The lowest BCUT2D eigenvalue weighted by Crippen LogP contribution is -2.37. The molecule has 3 aliphatic rings. The number of alkyl carbamates (subject to hydrolysis) is 1. The van der Waals surface area contributed by atoms with Crippen LogP contribution in [0.3, 0.4) is 0 Å². The van der Waals surface area contributed by atoms with E-state index < -0.39 is 11.8 Å². The summed E-state index contributed by atoms with van der Waals surface area (Å²) in [4.78, 5) is 12.1. The fraction of sp³-hybridized carbons (Fsp3) is 0.381. The van der Waals surface area contributed by atoms with Crippen LogP contribution in [0.1, 0.15) is 17.0 Å². The maximum absolute atomic E-state index is 14.6. The van der Waals surface area contributed by atoms with Gasteiger partial charge in [-0.25, -0.2) is 9.18 Å². The first-order valence-corrected chi connectivity index (χ1v) is 9.17. The van der Waals surface area contributed by atoms with Gasteiger partial charge >= 0.3 is 6.09 Å². The summed E-state index contributed by atoms with van der Waals surface area (Å²) < 4.78 is 20.0. The highest BCUT2D eigenvalue weighted by Gasteiger charge is 2.67. The number of rotatable bonds is 4. The first kappa shape index (κ1) is 15.8. The van der Waals surface area contributed by atoms with Crippen molar-refractivity contribution in [2.45, 2.75) is 11.6 Å². The second kappa shape index (κ2) is 5.81. The minimum atomic E-state index is -1.25. The molecule has 4 nitrogen and oxygen atoms in total. The smallest absolute Gasteiger partial charge is 0.407 e. The van der Waals surface area contributed by atoms with Crippen molar-refractivity contribution in [1.29, 1.82) is 0 Å². The number of ether oxygens (including phenoxy) is 1. The van der Waals surface area contributed by atoms with Crippen LogP contribution in [0.2, 0.25) is 0 Å². The van der Waals surface area contributed by atoms with E-state index in [9.17, 15) is 9.18 Å². The van der Waals surface area contributed by atoms with E-state index in [1.807, 2.05) is 24.3 Å². The van der Waals surface area contributed by atoms with Gasteiger partial charge in [0.15, 0.2) is 0 Å². The summed E-state index contributed by atoms with van der Waals surface area (Å²) in [7, 11) is 0. The highest BCUT2D eigenvalue weighted by Crippen LogP contribution is 2.55. The Labute approximate surface area is 151 Å². The Bertz CT molecular complexity index is 813. The zero-order valence-electron chi connectivity index (χ0n) is 14.4. The molecule has 2 atom stereocenters. The van der Waals surface area contributed by atoms with Gasteiger partial charge in [-0.1, -0.05) is 48.5 Å². The number of carbonyl (C=O) groups excluding carboxylic acids is 1. The lowest BCUT2D eigenvalue weighted by atomic mass is 9.98. The largest absolute Gasteiger partial charge is 0.449 e. The normalized spacial score (nSPS) is 28.2. The Morgan fingerprint density at radius 2 is 1.65 bits per heavy atom. The molecule has 1 heterocycles. The summed E-state index contributed by atoms with van der Waals surface area (Å²) in [5.41, 5.74) is 3.48. The van der Waals surface area contributed by atoms with Gasteiger partial charge in [-0.2, -0.15) is 0 Å². The highest BCUT2D eigenvalue weighted by atomic mass is 19.1. The zero-order chi connectivity index (χ0) is 17.7. The Morgan fingerprint density at radius 1 is 1.08 bits per heavy atom. The zero-order valence-corrected chi connectivity index (χ0v) is 14.4. The Kier molecular flexibility index (Phi) is 3.54. The second-order valence-electron chi connectivity index (χ2n) is 7.48. The SMILES string of the molecule is O=C(NCC1(F)C2CNCC21)OCC1c2ccccc2-c2ccccc21. The third-order valence-electron chi connectivity index (χ3n) is 6.19. The second-order valence-corrected chi connectivity index (χ2v) is 7.48. The number of benzene rings is 2. The van der Waals surface area contributed by atoms with Gasteiger partial charge in [0.1, 0.15) is 12.3 Å². The molecule has 26 heavy (non-hydrogen) atoms. The lowest BCUT2D eigenvalue weighted by molar-refractivity contribution is 0.135. The fourth-order valence-electron chi connectivity index (χ4n) is 4.70. The molecule has 0 bridgehead atoms. The van der Waals surface area contributed by atoms with Gasteiger partial charge in [0.05, 0.1) is 6.54 Å². The van der Waals surface area contributed by atoms with Crippen molar-refractivity contribution in [2.24, 2.45) is 11.8 Å². The minimum Gasteiger partial charge on any atom is -0.449 e. The molecule has 1 saturated heterocycles. The molecule has 2 N–H and O–H groups in total. The lowest BCUT2D eigenvalue weighted by Gasteiger charge is -2.16. The maximum Gasteiger partial charge on any atom is 0.407 e. The number of hydrogen-bond donors (Lipinski definition) is 2. The van der Waals surface area contributed by atoms with E-state index >= 15 is 0 Å². The van der Waals surface area contributed by atoms with E-state index in [1.54, 1.807) is 0 Å². The van der Waals surface area contributed by atoms with Crippen molar-refractivity contribution >= 4 is 6.09 Å². The van der Waals surface area contributed by atoms with Crippen LogP contribution in [0.4, 0.5) is 9.18 Å². The average molecular weight is 352 g/mol. The van der Waals surface area contributed by atoms with E-state index in [0.717, 1.165) is 0 Å². The third-order valence-corrected chi connectivity index (χ3v) is 6.19. The Hall–Kier alpha value is -2.40. The molecular formula is C21H21FN2O2. The Morgan fingerprint density at radius 3 is 2.27 bits per heavy atom. The van der Waals surface area contributed by atoms with Crippen LogP contribution in [0.5, 0.6) is 0 Å². The van der Waals surface area contributed by atoms with E-state index in [1.165, 1.54) is 22.3 Å². The maximum atomic E-state index is 14.6. The van der Waals surface area contributed by atoms with Crippen LogP contribution >= 0.6 is 0 Å². The van der Waals surface area contributed by atoms with E-state index in [2.05, 4.69) is 34.9 Å². The first-order chi connectivity index (χ1) is 12.7. The molecule has 1 aliphatic heterocycles. The number of alkyl halides is 1. The predicted molar refractivity (Wildman–Crippen MR) is 96.8 cm³/mol. The van der Waals surface area contributed by atoms with Crippen LogP contribution < -0.4 is 10.6 Å². The molecule has 2 fully saturated rings. The number of amides is 1. The van der Waals surface area contributed by atoms with Gasteiger partial charge < -0.3 is 15.4 Å². The third kappa shape index (κ3) is 2.34. The summed E-state index contributed by atoms with van der Waals surface area (Å²) in [5, 5.41) is 5.78. The quantitative estimate of drug-likeness (QED) is 0.889. The van der Waals surface area contributed by atoms with Gasteiger partial charge in [-0.05, 0) is 22.3 Å². The van der Waals surface area contributed by atoms with Gasteiger partial charge in [-0.3, -0.25) is 0 Å². The molecule has 0 radical (unpaired) electrons.